The van der Waals surface area contributed by atoms with Gasteiger partial charge in [0.1, 0.15) is 23.4 Å². The molecule has 0 fully saturated rings. The van der Waals surface area contributed by atoms with Crippen molar-refractivity contribution in [3.63, 3.8) is 0 Å². The number of rotatable bonds is 7. The molecule has 0 spiro atoms. The summed E-state index contributed by atoms with van der Waals surface area (Å²) >= 11 is 0. The van der Waals surface area contributed by atoms with Crippen molar-refractivity contribution in [2.24, 2.45) is 0 Å². The minimum Gasteiger partial charge on any atom is -0.508 e. The fraction of sp³-hybridized carbons (Fsp3) is 0.269. The number of hydrogen-bond donors (Lipinski definition) is 7. The number of fused-ring (bicyclic) bond motifs is 1. The van der Waals surface area contributed by atoms with Crippen LogP contribution in [-0.4, -0.2) is 53.9 Å². The fourth-order valence-electron chi connectivity index (χ4n) is 4.12. The summed E-state index contributed by atoms with van der Waals surface area (Å²) in [5.41, 5.74) is 1.37. The van der Waals surface area contributed by atoms with E-state index in [0.29, 0.717) is 29.5 Å². The Bertz CT molecular complexity index is 1270. The molecule has 1 aliphatic heterocycles. The van der Waals surface area contributed by atoms with Gasteiger partial charge in [0.05, 0.1) is 0 Å². The lowest BCUT2D eigenvalue weighted by Crippen LogP contribution is -2.37. The van der Waals surface area contributed by atoms with Crippen molar-refractivity contribution in [3.05, 3.63) is 65.2 Å². The molecule has 0 aliphatic carbocycles. The van der Waals surface area contributed by atoms with Crippen LogP contribution in [0.2, 0.25) is 0 Å². The summed E-state index contributed by atoms with van der Waals surface area (Å²) < 4.78 is 11.5. The Morgan fingerprint density at radius 1 is 0.889 bits per heavy atom. The van der Waals surface area contributed by atoms with Crippen LogP contribution in [0.4, 0.5) is 0 Å². The van der Waals surface area contributed by atoms with E-state index in [1.54, 1.807) is 6.07 Å². The Labute approximate surface area is 205 Å². The monoisotopic (exact) mass is 498 g/mol. The average molecular weight is 498 g/mol. The number of phenolic OH excluding ortho intramolecular Hbond substituents is 6. The van der Waals surface area contributed by atoms with Crippen molar-refractivity contribution < 1.29 is 50.0 Å². The molecule has 3 unspecified atom stereocenters. The number of carbonyl (C=O) groups is 1. The molecule has 4 rings (SSSR count). The van der Waals surface area contributed by atoms with Crippen molar-refractivity contribution in [1.29, 1.82) is 0 Å². The van der Waals surface area contributed by atoms with Crippen molar-refractivity contribution >= 4 is 5.97 Å². The van der Waals surface area contributed by atoms with E-state index < -0.39 is 30.0 Å². The molecule has 3 atom stereocenters. The second kappa shape index (κ2) is 10.1. The standard InChI is InChI=1S/C26H26O10/c27-15-10-20(31)16-12-24(25(35-23(16)11-15)14-5-7-18(29)22(33)9-14)36-26(34)19(30)3-1-2-13-4-6-17(28)21(32)8-13/h4-11,19,24-25,27-33H,1-3,12H2. The highest BCUT2D eigenvalue weighted by atomic mass is 16.6. The number of aliphatic hydroxyl groups excluding tert-OH is 1. The molecule has 0 radical (unpaired) electrons. The fourth-order valence-corrected chi connectivity index (χ4v) is 4.12. The summed E-state index contributed by atoms with van der Waals surface area (Å²) in [6.45, 7) is 0. The Morgan fingerprint density at radius 2 is 1.58 bits per heavy atom. The molecule has 10 nitrogen and oxygen atoms in total. The summed E-state index contributed by atoms with van der Waals surface area (Å²) in [6.07, 6.45) is -2.55. The van der Waals surface area contributed by atoms with E-state index in [9.17, 15) is 40.5 Å². The highest BCUT2D eigenvalue weighted by Gasteiger charge is 2.37. The molecule has 1 aliphatic rings. The van der Waals surface area contributed by atoms with Gasteiger partial charge in [-0.2, -0.15) is 0 Å². The van der Waals surface area contributed by atoms with E-state index in [1.165, 1.54) is 36.4 Å². The summed E-state index contributed by atoms with van der Waals surface area (Å²) in [5.74, 6) is -2.49. The molecular weight excluding hydrogens is 472 g/mol. The Morgan fingerprint density at radius 3 is 2.28 bits per heavy atom. The smallest absolute Gasteiger partial charge is 0.335 e. The summed E-state index contributed by atoms with van der Waals surface area (Å²) in [5, 5.41) is 69.0. The lowest BCUT2D eigenvalue weighted by Gasteiger charge is -2.34. The first-order valence-electron chi connectivity index (χ1n) is 11.2. The van der Waals surface area contributed by atoms with Crippen LogP contribution in [0.3, 0.4) is 0 Å². The Balaban J connectivity index is 1.48. The van der Waals surface area contributed by atoms with Crippen LogP contribution in [0.25, 0.3) is 0 Å². The van der Waals surface area contributed by atoms with Crippen LogP contribution < -0.4 is 4.74 Å². The minimum absolute atomic E-state index is 0.000995. The molecule has 0 bridgehead atoms. The van der Waals surface area contributed by atoms with Gasteiger partial charge in [0.15, 0.2) is 35.2 Å². The molecule has 190 valence electrons. The van der Waals surface area contributed by atoms with E-state index in [0.717, 1.165) is 6.07 Å². The molecular formula is C26H26O10. The number of aryl methyl sites for hydroxylation is 1. The van der Waals surface area contributed by atoms with E-state index in [1.807, 2.05) is 0 Å². The molecule has 3 aromatic carbocycles. The molecule has 7 N–H and O–H groups in total. The number of benzene rings is 3. The number of hydrogen-bond acceptors (Lipinski definition) is 10. The van der Waals surface area contributed by atoms with Gasteiger partial charge >= 0.3 is 5.97 Å². The highest BCUT2D eigenvalue weighted by molar-refractivity contribution is 5.74. The molecule has 3 aromatic rings. The third-order valence-electron chi connectivity index (χ3n) is 6.02. The zero-order valence-corrected chi connectivity index (χ0v) is 19.0. The van der Waals surface area contributed by atoms with Crippen LogP contribution in [0, 0.1) is 0 Å². The number of ether oxygens (including phenoxy) is 2. The number of phenols is 6. The normalized spacial score (nSPS) is 17.6. The van der Waals surface area contributed by atoms with Crippen molar-refractivity contribution in [2.45, 2.75) is 44.0 Å². The van der Waals surface area contributed by atoms with E-state index in [4.69, 9.17) is 9.47 Å². The Kier molecular flexibility index (Phi) is 6.98. The predicted octanol–water partition coefficient (Wildman–Crippen LogP) is 2.89. The van der Waals surface area contributed by atoms with E-state index >= 15 is 0 Å². The maximum absolute atomic E-state index is 12.7. The molecule has 36 heavy (non-hydrogen) atoms. The van der Waals surface area contributed by atoms with Crippen LogP contribution >= 0.6 is 0 Å². The third kappa shape index (κ3) is 5.33. The number of aliphatic hydroxyl groups is 1. The van der Waals surface area contributed by atoms with E-state index in [-0.39, 0.29) is 47.3 Å². The van der Waals surface area contributed by atoms with Crippen LogP contribution in [0.15, 0.2) is 48.5 Å². The van der Waals surface area contributed by atoms with Gasteiger partial charge in [-0.25, -0.2) is 4.79 Å². The molecule has 0 aromatic heterocycles. The minimum atomic E-state index is -1.46. The lowest BCUT2D eigenvalue weighted by atomic mass is 9.93. The predicted molar refractivity (Wildman–Crippen MR) is 125 cm³/mol. The first-order valence-corrected chi connectivity index (χ1v) is 11.2. The first-order chi connectivity index (χ1) is 17.1. The second-order valence-corrected chi connectivity index (χ2v) is 8.64. The maximum atomic E-state index is 12.7. The molecule has 0 saturated carbocycles. The summed E-state index contributed by atoms with van der Waals surface area (Å²) in [7, 11) is 0. The van der Waals surface area contributed by atoms with Crippen molar-refractivity contribution in [2.75, 3.05) is 0 Å². The number of carbonyl (C=O) groups excluding carboxylic acids is 1. The van der Waals surface area contributed by atoms with Crippen molar-refractivity contribution in [1.82, 2.24) is 0 Å². The summed E-state index contributed by atoms with van der Waals surface area (Å²) in [6, 6.07) is 10.8. The van der Waals surface area contributed by atoms with E-state index in [2.05, 4.69) is 0 Å². The van der Waals surface area contributed by atoms with Crippen molar-refractivity contribution in [3.8, 4) is 40.2 Å². The van der Waals surface area contributed by atoms with Crippen LogP contribution in [-0.2, 0) is 22.4 Å². The second-order valence-electron chi connectivity index (χ2n) is 8.64. The van der Waals surface area contributed by atoms with Gasteiger partial charge in [0, 0.05) is 29.7 Å². The zero-order valence-electron chi connectivity index (χ0n) is 19.0. The van der Waals surface area contributed by atoms with Gasteiger partial charge in [-0.15, -0.1) is 0 Å². The summed E-state index contributed by atoms with van der Waals surface area (Å²) in [4.78, 5) is 12.7. The quantitative estimate of drug-likeness (QED) is 0.189. The SMILES string of the molecule is O=C(OC1Cc2c(O)cc(O)cc2OC1c1ccc(O)c(O)c1)C(O)CCCc1ccc(O)c(O)c1. The first kappa shape index (κ1) is 24.8. The number of esters is 1. The van der Waals surface area contributed by atoms with Gasteiger partial charge in [0.25, 0.3) is 0 Å². The van der Waals surface area contributed by atoms with Crippen LogP contribution in [0.1, 0.15) is 35.6 Å². The van der Waals surface area contributed by atoms with Gasteiger partial charge in [-0.1, -0.05) is 12.1 Å². The highest BCUT2D eigenvalue weighted by Crippen LogP contribution is 2.44. The lowest BCUT2D eigenvalue weighted by molar-refractivity contribution is -0.165. The van der Waals surface area contributed by atoms with Crippen LogP contribution in [0.5, 0.6) is 40.2 Å². The topological polar surface area (TPSA) is 177 Å². The molecule has 0 saturated heterocycles. The molecule has 10 heteroatoms. The van der Waals surface area contributed by atoms with Gasteiger partial charge < -0.3 is 45.2 Å². The molecule has 0 amide bonds. The average Bonchev–Trinajstić information content (AvgIpc) is 2.83. The van der Waals surface area contributed by atoms with Gasteiger partial charge in [-0.3, -0.25) is 0 Å². The zero-order chi connectivity index (χ0) is 26.0. The third-order valence-corrected chi connectivity index (χ3v) is 6.02. The van der Waals surface area contributed by atoms with Gasteiger partial charge in [0.2, 0.25) is 0 Å². The number of aromatic hydroxyl groups is 6. The largest absolute Gasteiger partial charge is 0.508 e. The van der Waals surface area contributed by atoms with Gasteiger partial charge in [-0.05, 0) is 49.1 Å². The molecule has 1 heterocycles. The maximum Gasteiger partial charge on any atom is 0.335 e. The Hall–Kier alpha value is -4.31.